The number of ketones is 1. The Hall–Kier alpha value is -1.93. The van der Waals surface area contributed by atoms with Crippen LogP contribution in [0.1, 0.15) is 38.1 Å². The first-order valence-electron chi connectivity index (χ1n) is 8.54. The lowest BCUT2D eigenvalue weighted by molar-refractivity contribution is 0.0910. The third-order valence-electron chi connectivity index (χ3n) is 3.65. The topological polar surface area (TPSA) is 110 Å². The number of carbonyl (C=O) groups is 1. The van der Waals surface area contributed by atoms with Crippen molar-refractivity contribution in [3.05, 3.63) is 26.4 Å². The van der Waals surface area contributed by atoms with Crippen molar-refractivity contribution in [1.29, 1.82) is 0 Å². The van der Waals surface area contributed by atoms with E-state index >= 15 is 0 Å². The number of hydrogen-bond donors (Lipinski definition) is 2. The minimum absolute atomic E-state index is 0.0894. The van der Waals surface area contributed by atoms with E-state index in [2.05, 4.69) is 32.7 Å². The van der Waals surface area contributed by atoms with Crippen LogP contribution in [0.5, 0.6) is 0 Å². The monoisotopic (exact) mass is 354 g/mol. The molecular weight excluding hydrogens is 324 g/mol. The number of hydrogen-bond acceptors (Lipinski definition) is 6. The van der Waals surface area contributed by atoms with E-state index in [0.29, 0.717) is 11.8 Å². The summed E-state index contributed by atoms with van der Waals surface area (Å²) in [5.41, 5.74) is 4.41. The molecule has 1 heterocycles. The summed E-state index contributed by atoms with van der Waals surface area (Å²) in [5, 5.41) is 0. The van der Waals surface area contributed by atoms with Gasteiger partial charge in [-0.05, 0) is 11.8 Å². The number of anilines is 1. The summed E-state index contributed by atoms with van der Waals surface area (Å²) in [6.07, 6.45) is 0. The van der Waals surface area contributed by atoms with E-state index in [9.17, 15) is 14.4 Å². The first-order chi connectivity index (χ1) is 11.7. The van der Waals surface area contributed by atoms with Crippen molar-refractivity contribution in [2.75, 3.05) is 39.1 Å². The molecule has 0 radical (unpaired) electrons. The highest BCUT2D eigenvalue weighted by Gasteiger charge is 2.22. The molecule has 0 aliphatic rings. The fraction of sp³-hybridized carbons (Fsp3) is 0.706. The van der Waals surface area contributed by atoms with E-state index in [0.717, 1.165) is 17.7 Å². The van der Waals surface area contributed by atoms with E-state index < -0.39 is 11.2 Å². The Balaban J connectivity index is 3.14. The second-order valence-electron chi connectivity index (χ2n) is 7.07. The highest BCUT2D eigenvalue weighted by atomic mass is 16.5. The average Bonchev–Trinajstić information content (AvgIpc) is 2.44. The summed E-state index contributed by atoms with van der Waals surface area (Å²) in [7, 11) is 1.49. The number of aromatic nitrogens is 2. The maximum absolute atomic E-state index is 12.7. The molecular formula is C17H30N4O4. The van der Waals surface area contributed by atoms with Crippen LogP contribution in [0.4, 0.5) is 5.82 Å². The minimum Gasteiger partial charge on any atom is -0.384 e. The van der Waals surface area contributed by atoms with Crippen LogP contribution in [0.2, 0.25) is 0 Å². The van der Waals surface area contributed by atoms with Crippen LogP contribution in [0, 0.1) is 11.8 Å². The van der Waals surface area contributed by atoms with Crippen LogP contribution in [0.3, 0.4) is 0 Å². The third-order valence-corrected chi connectivity index (χ3v) is 3.65. The fourth-order valence-electron chi connectivity index (χ4n) is 2.78. The highest BCUT2D eigenvalue weighted by molar-refractivity contribution is 6.01. The Morgan fingerprint density at radius 1 is 1.20 bits per heavy atom. The Labute approximate surface area is 148 Å². The van der Waals surface area contributed by atoms with Gasteiger partial charge in [0, 0.05) is 20.2 Å². The summed E-state index contributed by atoms with van der Waals surface area (Å²) in [5.74, 6) is 0.284. The molecule has 0 atom stereocenters. The number of aromatic amines is 1. The van der Waals surface area contributed by atoms with Crippen molar-refractivity contribution >= 4 is 11.6 Å². The molecule has 0 aromatic carbocycles. The molecule has 0 amide bonds. The number of methoxy groups -OCH3 is 1. The number of nitrogen functional groups attached to an aromatic ring is 1. The van der Waals surface area contributed by atoms with Gasteiger partial charge in [-0.25, -0.2) is 4.79 Å². The van der Waals surface area contributed by atoms with Crippen molar-refractivity contribution in [2.45, 2.75) is 34.2 Å². The molecule has 0 aliphatic carbocycles. The van der Waals surface area contributed by atoms with Crippen molar-refractivity contribution in [3.8, 4) is 0 Å². The number of rotatable bonds is 10. The van der Waals surface area contributed by atoms with E-state index in [1.165, 1.54) is 7.11 Å². The van der Waals surface area contributed by atoms with Crippen LogP contribution < -0.4 is 17.0 Å². The molecule has 0 aliphatic heterocycles. The molecule has 1 aromatic rings. The van der Waals surface area contributed by atoms with E-state index in [4.69, 9.17) is 10.5 Å². The lowest BCUT2D eigenvalue weighted by Crippen LogP contribution is -2.41. The summed E-state index contributed by atoms with van der Waals surface area (Å²) >= 11 is 0. The fourth-order valence-corrected chi connectivity index (χ4v) is 2.78. The van der Waals surface area contributed by atoms with Gasteiger partial charge in [0.15, 0.2) is 5.78 Å². The molecule has 3 N–H and O–H groups in total. The van der Waals surface area contributed by atoms with Gasteiger partial charge in [0.2, 0.25) is 0 Å². The number of nitrogens with one attached hydrogen (secondary N) is 1. The van der Waals surface area contributed by atoms with Crippen molar-refractivity contribution < 1.29 is 9.53 Å². The predicted molar refractivity (Wildman–Crippen MR) is 98.1 cm³/mol. The van der Waals surface area contributed by atoms with Gasteiger partial charge in [-0.3, -0.25) is 24.0 Å². The number of nitrogens with two attached hydrogens (primary N) is 1. The van der Waals surface area contributed by atoms with Crippen LogP contribution in [-0.4, -0.2) is 53.6 Å². The van der Waals surface area contributed by atoms with Gasteiger partial charge in [0.1, 0.15) is 11.4 Å². The van der Waals surface area contributed by atoms with Crippen LogP contribution in [-0.2, 0) is 11.3 Å². The maximum atomic E-state index is 12.7. The molecule has 25 heavy (non-hydrogen) atoms. The number of carbonyl (C=O) groups excluding carboxylic acids is 1. The SMILES string of the molecule is COCCn1c(N)c(C(=O)CN(CC(C)C)CC(C)C)c(=O)[nH]c1=O. The summed E-state index contributed by atoms with van der Waals surface area (Å²) in [6.45, 7) is 10.3. The molecule has 0 saturated heterocycles. The molecule has 1 aromatic heterocycles. The molecule has 0 bridgehead atoms. The van der Waals surface area contributed by atoms with Gasteiger partial charge in [-0.1, -0.05) is 27.7 Å². The second kappa shape index (κ2) is 9.53. The number of ether oxygens (including phenoxy) is 1. The molecule has 8 nitrogen and oxygen atoms in total. The van der Waals surface area contributed by atoms with Crippen LogP contribution in [0.15, 0.2) is 9.59 Å². The Morgan fingerprint density at radius 2 is 1.76 bits per heavy atom. The highest BCUT2D eigenvalue weighted by Crippen LogP contribution is 2.09. The predicted octanol–water partition coefficient (Wildman–Crippen LogP) is 0.562. The average molecular weight is 354 g/mol. The van der Waals surface area contributed by atoms with Gasteiger partial charge in [-0.15, -0.1) is 0 Å². The van der Waals surface area contributed by atoms with Gasteiger partial charge < -0.3 is 10.5 Å². The summed E-state index contributed by atoms with van der Waals surface area (Å²) < 4.78 is 6.10. The molecule has 0 spiro atoms. The van der Waals surface area contributed by atoms with E-state index in [1.807, 2.05) is 4.90 Å². The molecule has 0 saturated carbocycles. The third kappa shape index (κ3) is 6.13. The number of H-pyrrole nitrogens is 1. The maximum Gasteiger partial charge on any atom is 0.330 e. The second-order valence-corrected chi connectivity index (χ2v) is 7.07. The van der Waals surface area contributed by atoms with E-state index in [1.54, 1.807) is 0 Å². The quantitative estimate of drug-likeness (QED) is 0.594. The Morgan fingerprint density at radius 3 is 2.24 bits per heavy atom. The Kier molecular flexibility index (Phi) is 8.05. The minimum atomic E-state index is -0.741. The van der Waals surface area contributed by atoms with Crippen LogP contribution in [0.25, 0.3) is 0 Å². The first-order valence-corrected chi connectivity index (χ1v) is 8.54. The number of Topliss-reactive ketones (excluding diaryl/α,β-unsaturated/α-hetero) is 1. The molecule has 8 heteroatoms. The molecule has 0 fully saturated rings. The summed E-state index contributed by atoms with van der Waals surface area (Å²) in [4.78, 5) is 40.9. The van der Waals surface area contributed by atoms with Gasteiger partial charge >= 0.3 is 5.69 Å². The zero-order valence-electron chi connectivity index (χ0n) is 15.8. The van der Waals surface area contributed by atoms with Gasteiger partial charge in [0.25, 0.3) is 5.56 Å². The zero-order valence-corrected chi connectivity index (χ0v) is 15.8. The Bertz CT molecular complexity index is 681. The summed E-state index contributed by atoms with van der Waals surface area (Å²) in [6, 6.07) is 0. The lowest BCUT2D eigenvalue weighted by atomic mass is 10.1. The number of nitrogens with zero attached hydrogens (tertiary/aromatic N) is 2. The van der Waals surface area contributed by atoms with Crippen molar-refractivity contribution in [3.63, 3.8) is 0 Å². The van der Waals surface area contributed by atoms with E-state index in [-0.39, 0.29) is 36.9 Å². The standard InChI is InChI=1S/C17H30N4O4/c1-11(2)8-20(9-12(3)4)10-13(22)14-15(18)21(6-7-25-5)17(24)19-16(14)23/h11-12H,6-10,18H2,1-5H3,(H,19,23,24). The zero-order chi connectivity index (χ0) is 19.1. The normalized spacial score (nSPS) is 11.7. The molecule has 0 unspecified atom stereocenters. The first kappa shape index (κ1) is 21.1. The smallest absolute Gasteiger partial charge is 0.330 e. The molecule has 142 valence electrons. The molecule has 1 rings (SSSR count). The largest absolute Gasteiger partial charge is 0.384 e. The van der Waals surface area contributed by atoms with Crippen molar-refractivity contribution in [1.82, 2.24) is 14.5 Å². The van der Waals surface area contributed by atoms with Crippen molar-refractivity contribution in [2.24, 2.45) is 11.8 Å². The van der Waals surface area contributed by atoms with Gasteiger partial charge in [-0.2, -0.15) is 0 Å². The van der Waals surface area contributed by atoms with Crippen LogP contribution >= 0.6 is 0 Å². The van der Waals surface area contributed by atoms with Gasteiger partial charge in [0.05, 0.1) is 19.7 Å². The lowest BCUT2D eigenvalue weighted by Gasteiger charge is -2.25.